The molecule has 1 unspecified atom stereocenters. The molecule has 0 radical (unpaired) electrons. The van der Waals surface area contributed by atoms with Crippen LogP contribution in [0.3, 0.4) is 0 Å². The molecule has 0 aliphatic heterocycles. The lowest BCUT2D eigenvalue weighted by atomic mass is 9.93. The standard InChI is InChI=1S/C15H11Cl2FO/c16-11-7-5-10(6-8-11)9-13(15(17)19)12-3-1-2-4-14(12)18/h1-8,13H,9H2. The Morgan fingerprint density at radius 2 is 1.74 bits per heavy atom. The van der Waals surface area contributed by atoms with Gasteiger partial charge in [0.2, 0.25) is 5.24 Å². The topological polar surface area (TPSA) is 17.1 Å². The van der Waals surface area contributed by atoms with E-state index in [2.05, 4.69) is 0 Å². The highest BCUT2D eigenvalue weighted by Gasteiger charge is 2.22. The van der Waals surface area contributed by atoms with Gasteiger partial charge in [-0.15, -0.1) is 0 Å². The van der Waals surface area contributed by atoms with E-state index in [1.165, 1.54) is 6.07 Å². The summed E-state index contributed by atoms with van der Waals surface area (Å²) in [7, 11) is 0. The van der Waals surface area contributed by atoms with E-state index >= 15 is 0 Å². The van der Waals surface area contributed by atoms with E-state index in [0.29, 0.717) is 17.0 Å². The molecule has 2 aromatic carbocycles. The van der Waals surface area contributed by atoms with Gasteiger partial charge in [-0.3, -0.25) is 4.79 Å². The lowest BCUT2D eigenvalue weighted by Gasteiger charge is -2.14. The SMILES string of the molecule is O=C(Cl)C(Cc1ccc(Cl)cc1)c1ccccc1F. The van der Waals surface area contributed by atoms with Crippen molar-refractivity contribution in [1.82, 2.24) is 0 Å². The predicted octanol–water partition coefficient (Wildman–Crippen LogP) is 4.57. The molecule has 2 aromatic rings. The minimum absolute atomic E-state index is 0.317. The molecule has 98 valence electrons. The smallest absolute Gasteiger partial charge is 0.229 e. The van der Waals surface area contributed by atoms with Crippen LogP contribution in [0.1, 0.15) is 17.0 Å². The number of halogens is 3. The number of hydrogen-bond acceptors (Lipinski definition) is 1. The Hall–Kier alpha value is -1.38. The summed E-state index contributed by atoms with van der Waals surface area (Å²) in [5.74, 6) is -1.11. The summed E-state index contributed by atoms with van der Waals surface area (Å²) in [6, 6.07) is 13.2. The summed E-state index contributed by atoms with van der Waals surface area (Å²) in [6.07, 6.45) is 0.348. The van der Waals surface area contributed by atoms with E-state index in [4.69, 9.17) is 23.2 Å². The van der Waals surface area contributed by atoms with Gasteiger partial charge < -0.3 is 0 Å². The monoisotopic (exact) mass is 296 g/mol. The van der Waals surface area contributed by atoms with Crippen LogP contribution in [0, 0.1) is 5.82 Å². The molecule has 0 fully saturated rings. The molecule has 0 N–H and O–H groups in total. The first-order valence-electron chi connectivity index (χ1n) is 5.76. The minimum atomic E-state index is -0.691. The zero-order valence-electron chi connectivity index (χ0n) is 9.95. The van der Waals surface area contributed by atoms with Crippen molar-refractivity contribution in [2.24, 2.45) is 0 Å². The molecule has 0 aliphatic carbocycles. The van der Waals surface area contributed by atoms with Crippen molar-refractivity contribution >= 4 is 28.4 Å². The third-order valence-corrected chi connectivity index (χ3v) is 3.42. The maximum Gasteiger partial charge on any atom is 0.229 e. The van der Waals surface area contributed by atoms with E-state index in [-0.39, 0.29) is 0 Å². The molecule has 2 rings (SSSR count). The molecule has 0 aromatic heterocycles. The zero-order chi connectivity index (χ0) is 13.8. The lowest BCUT2D eigenvalue weighted by Crippen LogP contribution is -2.12. The number of carbonyl (C=O) groups is 1. The molecule has 1 atom stereocenters. The Kier molecular flexibility index (Phi) is 4.56. The van der Waals surface area contributed by atoms with E-state index in [1.807, 2.05) is 0 Å². The second kappa shape index (κ2) is 6.18. The van der Waals surface area contributed by atoms with E-state index in [0.717, 1.165) is 5.56 Å². The summed E-state index contributed by atoms with van der Waals surface area (Å²) in [4.78, 5) is 11.5. The van der Waals surface area contributed by atoms with Crippen LogP contribution in [-0.2, 0) is 11.2 Å². The molecule has 4 heteroatoms. The van der Waals surface area contributed by atoms with Crippen LogP contribution >= 0.6 is 23.2 Å². The second-order valence-corrected chi connectivity index (χ2v) is 5.02. The quantitative estimate of drug-likeness (QED) is 0.755. The zero-order valence-corrected chi connectivity index (χ0v) is 11.5. The minimum Gasteiger partial charge on any atom is -0.281 e. The molecule has 0 bridgehead atoms. The van der Waals surface area contributed by atoms with Crippen LogP contribution in [0.5, 0.6) is 0 Å². The molecular formula is C15H11Cl2FO. The van der Waals surface area contributed by atoms with Crippen LogP contribution in [0.2, 0.25) is 5.02 Å². The highest BCUT2D eigenvalue weighted by molar-refractivity contribution is 6.64. The highest BCUT2D eigenvalue weighted by atomic mass is 35.5. The Bertz CT molecular complexity index is 581. The average Bonchev–Trinajstić information content (AvgIpc) is 2.39. The fourth-order valence-electron chi connectivity index (χ4n) is 1.93. The van der Waals surface area contributed by atoms with Gasteiger partial charge in [-0.2, -0.15) is 0 Å². The van der Waals surface area contributed by atoms with Gasteiger partial charge >= 0.3 is 0 Å². The molecule has 0 amide bonds. The largest absolute Gasteiger partial charge is 0.281 e. The molecule has 0 spiro atoms. The maximum atomic E-state index is 13.7. The Balaban J connectivity index is 2.29. The molecule has 0 saturated heterocycles. The van der Waals surface area contributed by atoms with Gasteiger partial charge in [0.25, 0.3) is 0 Å². The molecule has 0 aliphatic rings. The summed E-state index contributed by atoms with van der Waals surface area (Å²) in [5.41, 5.74) is 1.20. The number of hydrogen-bond donors (Lipinski definition) is 0. The molecular weight excluding hydrogens is 286 g/mol. The van der Waals surface area contributed by atoms with Gasteiger partial charge in [0.1, 0.15) is 5.82 Å². The fourth-order valence-corrected chi connectivity index (χ4v) is 2.25. The Labute approximate surface area is 121 Å². The normalized spacial score (nSPS) is 12.2. The van der Waals surface area contributed by atoms with Crippen molar-refractivity contribution in [3.8, 4) is 0 Å². The third-order valence-electron chi connectivity index (χ3n) is 2.91. The van der Waals surface area contributed by atoms with Gasteiger partial charge in [-0.25, -0.2) is 4.39 Å². The first kappa shape index (κ1) is 14.0. The maximum absolute atomic E-state index is 13.7. The average molecular weight is 297 g/mol. The van der Waals surface area contributed by atoms with Gasteiger partial charge in [0.15, 0.2) is 0 Å². The molecule has 0 heterocycles. The van der Waals surface area contributed by atoms with Crippen molar-refractivity contribution in [2.45, 2.75) is 12.3 Å². The number of benzene rings is 2. The van der Waals surface area contributed by atoms with Gasteiger partial charge in [0.05, 0.1) is 5.92 Å². The molecule has 0 saturated carbocycles. The fraction of sp³-hybridized carbons (Fsp3) is 0.133. The van der Waals surface area contributed by atoms with E-state index in [9.17, 15) is 9.18 Å². The van der Waals surface area contributed by atoms with Gasteiger partial charge in [0, 0.05) is 5.02 Å². The first-order valence-corrected chi connectivity index (χ1v) is 6.51. The third kappa shape index (κ3) is 3.55. The summed E-state index contributed by atoms with van der Waals surface area (Å²) < 4.78 is 13.7. The van der Waals surface area contributed by atoms with Gasteiger partial charge in [-0.05, 0) is 47.3 Å². The summed E-state index contributed by atoms with van der Waals surface area (Å²) >= 11 is 11.4. The number of rotatable bonds is 4. The van der Waals surface area contributed by atoms with E-state index < -0.39 is 17.0 Å². The van der Waals surface area contributed by atoms with E-state index in [1.54, 1.807) is 42.5 Å². The van der Waals surface area contributed by atoms with Crippen molar-refractivity contribution in [2.75, 3.05) is 0 Å². The van der Waals surface area contributed by atoms with Crippen molar-refractivity contribution in [3.63, 3.8) is 0 Å². The van der Waals surface area contributed by atoms with Gasteiger partial charge in [-0.1, -0.05) is 41.9 Å². The first-order chi connectivity index (χ1) is 9.08. The second-order valence-electron chi connectivity index (χ2n) is 4.21. The van der Waals surface area contributed by atoms with Crippen molar-refractivity contribution in [3.05, 3.63) is 70.5 Å². The Morgan fingerprint density at radius 1 is 1.11 bits per heavy atom. The lowest BCUT2D eigenvalue weighted by molar-refractivity contribution is -0.113. The van der Waals surface area contributed by atoms with Crippen molar-refractivity contribution in [1.29, 1.82) is 0 Å². The number of carbonyl (C=O) groups excluding carboxylic acids is 1. The van der Waals surface area contributed by atoms with Crippen molar-refractivity contribution < 1.29 is 9.18 Å². The Morgan fingerprint density at radius 3 is 2.32 bits per heavy atom. The summed E-state index contributed by atoms with van der Waals surface area (Å²) in [5, 5.41) is 0.0449. The van der Waals surface area contributed by atoms with Crippen LogP contribution in [-0.4, -0.2) is 5.24 Å². The molecule has 19 heavy (non-hydrogen) atoms. The highest BCUT2D eigenvalue weighted by Crippen LogP contribution is 2.26. The van der Waals surface area contributed by atoms with Crippen LogP contribution < -0.4 is 0 Å². The van der Waals surface area contributed by atoms with Crippen LogP contribution in [0.4, 0.5) is 4.39 Å². The molecule has 1 nitrogen and oxygen atoms in total. The van der Waals surface area contributed by atoms with Crippen LogP contribution in [0.15, 0.2) is 48.5 Å². The summed E-state index contributed by atoms with van der Waals surface area (Å²) in [6.45, 7) is 0. The van der Waals surface area contributed by atoms with Crippen LogP contribution in [0.25, 0.3) is 0 Å². The predicted molar refractivity (Wildman–Crippen MR) is 75.2 cm³/mol.